The van der Waals surface area contributed by atoms with Crippen molar-refractivity contribution in [3.63, 3.8) is 0 Å². The molecule has 10 heteroatoms. The molecular weight excluding hydrogens is 574 g/mol. The molecule has 38 heavy (non-hydrogen) atoms. The molecule has 1 aliphatic heterocycles. The van der Waals surface area contributed by atoms with Crippen molar-refractivity contribution in [1.29, 1.82) is 0 Å². The number of esters is 1. The zero-order chi connectivity index (χ0) is 27.3. The molecule has 2 unspecified atom stereocenters. The summed E-state index contributed by atoms with van der Waals surface area (Å²) in [7, 11) is 0. The van der Waals surface area contributed by atoms with Gasteiger partial charge in [0, 0.05) is 27.5 Å². The van der Waals surface area contributed by atoms with Crippen molar-refractivity contribution < 1.29 is 23.8 Å². The van der Waals surface area contributed by atoms with Crippen molar-refractivity contribution in [3.8, 4) is 0 Å². The molecular formula is C28H39BrClN3O5. The summed E-state index contributed by atoms with van der Waals surface area (Å²) >= 11 is 10.4. The molecule has 2 aliphatic rings. The molecule has 0 radical (unpaired) electrons. The van der Waals surface area contributed by atoms with Crippen molar-refractivity contribution in [2.75, 3.05) is 13.2 Å². The second-order valence-corrected chi connectivity index (χ2v) is 12.5. The van der Waals surface area contributed by atoms with Crippen LogP contribution in [0.3, 0.4) is 0 Å². The quantitative estimate of drug-likeness (QED) is 0.204. The monoisotopic (exact) mass is 611 g/mol. The number of amides is 1. The van der Waals surface area contributed by atoms with Crippen molar-refractivity contribution in [2.45, 2.75) is 103 Å². The van der Waals surface area contributed by atoms with E-state index >= 15 is 0 Å². The van der Waals surface area contributed by atoms with Crippen LogP contribution in [0, 0.1) is 5.92 Å². The van der Waals surface area contributed by atoms with Crippen LogP contribution in [0.4, 0.5) is 4.79 Å². The fourth-order valence-electron chi connectivity index (χ4n) is 5.25. The molecule has 210 valence electrons. The number of aromatic nitrogens is 2. The largest absolute Gasteiger partial charge is 0.460 e. The summed E-state index contributed by atoms with van der Waals surface area (Å²) in [5.74, 6) is -0.388. The summed E-state index contributed by atoms with van der Waals surface area (Å²) < 4.78 is 19.8. The van der Waals surface area contributed by atoms with Gasteiger partial charge in [0.15, 0.2) is 6.23 Å². The van der Waals surface area contributed by atoms with Crippen molar-refractivity contribution in [1.82, 2.24) is 15.1 Å². The Morgan fingerprint density at radius 3 is 2.71 bits per heavy atom. The van der Waals surface area contributed by atoms with Crippen LogP contribution in [0.2, 0.25) is 5.02 Å². The van der Waals surface area contributed by atoms with Crippen LogP contribution in [-0.2, 0) is 25.4 Å². The van der Waals surface area contributed by atoms with Crippen molar-refractivity contribution >= 4 is 50.5 Å². The Bertz CT molecular complexity index is 1130. The van der Waals surface area contributed by atoms with Gasteiger partial charge in [-0.1, -0.05) is 24.4 Å². The van der Waals surface area contributed by atoms with Gasteiger partial charge in [-0.05, 0) is 99.7 Å². The highest BCUT2D eigenvalue weighted by atomic mass is 79.9. The summed E-state index contributed by atoms with van der Waals surface area (Å²) in [4.78, 5) is 25.1. The Hall–Kier alpha value is -1.84. The highest BCUT2D eigenvalue weighted by Gasteiger charge is 2.30. The average molecular weight is 613 g/mol. The van der Waals surface area contributed by atoms with E-state index in [1.807, 2.05) is 37.7 Å². The van der Waals surface area contributed by atoms with Gasteiger partial charge in [0.05, 0.1) is 24.2 Å². The van der Waals surface area contributed by atoms with Gasteiger partial charge in [-0.3, -0.25) is 4.79 Å². The highest BCUT2D eigenvalue weighted by molar-refractivity contribution is 9.10. The average Bonchev–Trinajstić information content (AvgIpc) is 3.14. The lowest BCUT2D eigenvalue weighted by Crippen LogP contribution is -2.38. The maximum atomic E-state index is 12.6. The number of halogens is 2. The highest BCUT2D eigenvalue weighted by Crippen LogP contribution is 2.36. The number of alkyl carbamates (subject to hydrolysis) is 1. The molecule has 2 heterocycles. The van der Waals surface area contributed by atoms with E-state index in [9.17, 15) is 9.59 Å². The molecule has 1 amide bonds. The number of benzene rings is 1. The number of hydrogen-bond donors (Lipinski definition) is 1. The number of nitrogens with zero attached hydrogens (tertiary/aromatic N) is 2. The van der Waals surface area contributed by atoms with Crippen LogP contribution in [0.1, 0.15) is 90.3 Å². The van der Waals surface area contributed by atoms with Crippen LogP contribution in [0.25, 0.3) is 10.9 Å². The minimum Gasteiger partial charge on any atom is -0.460 e. The van der Waals surface area contributed by atoms with Crippen molar-refractivity contribution in [2.24, 2.45) is 5.92 Å². The van der Waals surface area contributed by atoms with Gasteiger partial charge in [-0.2, -0.15) is 5.10 Å². The normalized spacial score (nSPS) is 22.6. The van der Waals surface area contributed by atoms with Gasteiger partial charge in [0.25, 0.3) is 0 Å². The standard InChI is InChI=1S/C28H39BrClN3O5/c1-28(2,3)38-26(34)18-9-4-5-10-19(15-18)32-27(35)37-14-8-11-20-22(30)16-23-21(25(20)29)17-31-33(23)24-12-6-7-13-36-24/h16-19,24H,4-15H2,1-3H3,(H,32,35)/t18?,19-,24?/m1/s1. The van der Waals surface area contributed by atoms with Gasteiger partial charge in [0.2, 0.25) is 0 Å². The molecule has 3 atom stereocenters. The SMILES string of the molecule is CC(C)(C)OC(=O)C1CCCC[C@@H](NC(=O)OCCCc2c(Cl)cc3c(cnn3C3CCCCO3)c2Br)C1. The summed E-state index contributed by atoms with van der Waals surface area (Å²) in [5, 5.41) is 9.17. The van der Waals surface area contributed by atoms with Crippen molar-refractivity contribution in [3.05, 3.63) is 27.3 Å². The van der Waals surface area contributed by atoms with E-state index in [2.05, 4.69) is 26.3 Å². The van der Waals surface area contributed by atoms with Gasteiger partial charge in [0.1, 0.15) is 5.60 Å². The number of fused-ring (bicyclic) bond motifs is 1. The molecule has 0 bridgehead atoms. The first-order valence-electron chi connectivity index (χ1n) is 13.7. The van der Waals surface area contributed by atoms with Gasteiger partial charge in [-0.25, -0.2) is 9.48 Å². The fraction of sp³-hybridized carbons (Fsp3) is 0.679. The summed E-state index contributed by atoms with van der Waals surface area (Å²) in [5.41, 5.74) is 1.40. The Kier molecular flexibility index (Phi) is 9.98. The van der Waals surface area contributed by atoms with Gasteiger partial charge in [-0.15, -0.1) is 0 Å². The molecule has 1 aromatic heterocycles. The number of carbonyl (C=O) groups is 2. The predicted molar refractivity (Wildman–Crippen MR) is 150 cm³/mol. The summed E-state index contributed by atoms with van der Waals surface area (Å²) in [6.45, 7) is 6.63. The molecule has 2 fully saturated rings. The van der Waals surface area contributed by atoms with E-state index in [0.717, 1.165) is 72.5 Å². The Morgan fingerprint density at radius 2 is 1.97 bits per heavy atom. The maximum absolute atomic E-state index is 12.6. The molecule has 1 saturated carbocycles. The third-order valence-corrected chi connectivity index (χ3v) is 8.35. The zero-order valence-corrected chi connectivity index (χ0v) is 24.9. The maximum Gasteiger partial charge on any atom is 0.407 e. The molecule has 8 nitrogen and oxygen atoms in total. The number of carbonyl (C=O) groups excluding carboxylic acids is 2. The van der Waals surface area contributed by atoms with Gasteiger partial charge >= 0.3 is 12.1 Å². The van der Waals surface area contributed by atoms with Crippen LogP contribution >= 0.6 is 27.5 Å². The van der Waals surface area contributed by atoms with E-state index < -0.39 is 11.7 Å². The Morgan fingerprint density at radius 1 is 1.21 bits per heavy atom. The Balaban J connectivity index is 1.27. The second-order valence-electron chi connectivity index (χ2n) is 11.3. The van der Waals surface area contributed by atoms with E-state index in [-0.39, 0.29) is 30.8 Å². The van der Waals surface area contributed by atoms with Crippen LogP contribution < -0.4 is 5.32 Å². The molecule has 0 spiro atoms. The lowest BCUT2D eigenvalue weighted by atomic mass is 9.98. The van der Waals surface area contributed by atoms with E-state index in [0.29, 0.717) is 24.3 Å². The summed E-state index contributed by atoms with van der Waals surface area (Å²) in [6, 6.07) is 1.85. The second kappa shape index (κ2) is 13.0. The fourth-order valence-corrected chi connectivity index (χ4v) is 6.37. The number of rotatable bonds is 7. The minimum absolute atomic E-state index is 0.0603. The molecule has 2 aromatic rings. The topological polar surface area (TPSA) is 91.7 Å². The van der Waals surface area contributed by atoms with E-state index in [1.165, 1.54) is 0 Å². The first kappa shape index (κ1) is 29.2. The Labute approximate surface area is 238 Å². The van der Waals surface area contributed by atoms with Crippen LogP contribution in [0.15, 0.2) is 16.7 Å². The molecule has 1 N–H and O–H groups in total. The first-order valence-corrected chi connectivity index (χ1v) is 14.9. The lowest BCUT2D eigenvalue weighted by Gasteiger charge is -2.25. The smallest absolute Gasteiger partial charge is 0.407 e. The summed E-state index contributed by atoms with van der Waals surface area (Å²) in [6.07, 6.45) is 9.86. The number of hydrogen-bond acceptors (Lipinski definition) is 6. The van der Waals surface area contributed by atoms with E-state index in [4.69, 9.17) is 25.8 Å². The molecule has 4 rings (SSSR count). The third-order valence-electron chi connectivity index (χ3n) is 7.11. The molecule has 1 aliphatic carbocycles. The van der Waals surface area contributed by atoms with Crippen LogP contribution in [-0.4, -0.2) is 46.7 Å². The predicted octanol–water partition coefficient (Wildman–Crippen LogP) is 7.10. The zero-order valence-electron chi connectivity index (χ0n) is 22.6. The molecule has 1 saturated heterocycles. The lowest BCUT2D eigenvalue weighted by molar-refractivity contribution is -0.160. The third kappa shape index (κ3) is 7.63. The minimum atomic E-state index is -0.516. The van der Waals surface area contributed by atoms with E-state index in [1.54, 1.807) is 0 Å². The van der Waals surface area contributed by atoms with Crippen LogP contribution in [0.5, 0.6) is 0 Å². The molecule has 1 aromatic carbocycles. The first-order chi connectivity index (χ1) is 18.1. The number of ether oxygens (including phenoxy) is 3. The van der Waals surface area contributed by atoms with Gasteiger partial charge < -0.3 is 19.5 Å². The number of nitrogens with one attached hydrogen (secondary N) is 1.